The highest BCUT2D eigenvalue weighted by Gasteiger charge is 2.38. The number of anilines is 4. The van der Waals surface area contributed by atoms with Gasteiger partial charge in [0.05, 0.1) is 11.1 Å². The molecule has 1 fully saturated rings. The van der Waals surface area contributed by atoms with Crippen molar-refractivity contribution in [3.8, 4) is 11.8 Å². The number of likely N-dealkylation sites (tertiary alicyclic amines) is 1. The van der Waals surface area contributed by atoms with E-state index in [1.807, 2.05) is 128 Å². The second-order valence-electron chi connectivity index (χ2n) is 14.3. The number of aromatic nitrogens is 3. The standard InChI is InChI=1S/C45H44N8O2S/c1-29(2)37-24-23-36-42(50-37)47-28-48-43(36)51-38-27-31(16-25-40(38)56-35-21-17-33(46)18-22-35)13-12-30-14-19-34(20-15-30)49-44(54)39-11-8-26-53(39)45(55)41(52(3)4)32-9-6-5-7-10-32/h5-7,9-10,14-25,27-29,39,41H,8,11,26,46H2,1-4H3,(H,49,54)(H,47,48,50,51)/t39-,41+/m0/s1. The Labute approximate surface area is 332 Å². The third-order valence-corrected chi connectivity index (χ3v) is 10.7. The van der Waals surface area contributed by atoms with Crippen LogP contribution in [0.3, 0.4) is 0 Å². The minimum absolute atomic E-state index is 0.0673. The zero-order valence-corrected chi connectivity index (χ0v) is 32.7. The summed E-state index contributed by atoms with van der Waals surface area (Å²) < 4.78 is 0. The summed E-state index contributed by atoms with van der Waals surface area (Å²) in [6, 6.07) is 34.0. The van der Waals surface area contributed by atoms with Crippen molar-refractivity contribution in [3.05, 3.63) is 138 Å². The van der Waals surface area contributed by atoms with Crippen LogP contribution in [0.4, 0.5) is 22.9 Å². The number of nitrogen functional groups attached to an aromatic ring is 1. The van der Waals surface area contributed by atoms with Crippen molar-refractivity contribution in [2.45, 2.75) is 54.5 Å². The molecule has 1 aliphatic heterocycles. The summed E-state index contributed by atoms with van der Waals surface area (Å²) in [5.74, 6) is 7.24. The second kappa shape index (κ2) is 17.1. The minimum atomic E-state index is -0.536. The van der Waals surface area contributed by atoms with E-state index in [4.69, 9.17) is 10.7 Å². The number of likely N-dealkylation sites (N-methyl/N-ethyl adjacent to an activating group) is 1. The molecule has 7 rings (SSSR count). The number of nitrogens with one attached hydrogen (secondary N) is 2. The van der Waals surface area contributed by atoms with Crippen molar-refractivity contribution in [2.24, 2.45) is 0 Å². The van der Waals surface area contributed by atoms with E-state index in [2.05, 4.69) is 46.3 Å². The molecule has 0 aliphatic carbocycles. The lowest BCUT2D eigenvalue weighted by Crippen LogP contribution is -2.47. The number of hydrogen-bond acceptors (Lipinski definition) is 9. The molecule has 56 heavy (non-hydrogen) atoms. The Morgan fingerprint density at radius 1 is 0.893 bits per heavy atom. The van der Waals surface area contributed by atoms with Gasteiger partial charge in [0.1, 0.15) is 24.2 Å². The van der Waals surface area contributed by atoms with Crippen molar-refractivity contribution in [1.29, 1.82) is 0 Å². The molecule has 2 atom stereocenters. The molecule has 282 valence electrons. The quantitative estimate of drug-likeness (QED) is 0.0934. The van der Waals surface area contributed by atoms with E-state index >= 15 is 0 Å². The zero-order valence-electron chi connectivity index (χ0n) is 31.9. The lowest BCUT2D eigenvalue weighted by atomic mass is 10.0. The van der Waals surface area contributed by atoms with E-state index in [0.29, 0.717) is 35.8 Å². The van der Waals surface area contributed by atoms with Crippen LogP contribution in [0.2, 0.25) is 0 Å². The lowest BCUT2D eigenvalue weighted by Gasteiger charge is -2.31. The fourth-order valence-electron chi connectivity index (χ4n) is 6.73. The molecule has 10 nitrogen and oxygen atoms in total. The third-order valence-electron chi connectivity index (χ3n) is 9.66. The molecule has 0 saturated carbocycles. The molecule has 0 unspecified atom stereocenters. The Balaban J connectivity index is 1.08. The number of hydrogen-bond donors (Lipinski definition) is 3. The average Bonchev–Trinajstić information content (AvgIpc) is 3.70. The fourth-order valence-corrected chi connectivity index (χ4v) is 7.61. The molecule has 3 heterocycles. The molecule has 0 bridgehead atoms. The third kappa shape index (κ3) is 8.84. The van der Waals surface area contributed by atoms with Crippen LogP contribution in [-0.4, -0.2) is 63.2 Å². The molecule has 4 aromatic carbocycles. The highest BCUT2D eigenvalue weighted by molar-refractivity contribution is 7.99. The summed E-state index contributed by atoms with van der Waals surface area (Å²) in [5, 5.41) is 7.39. The van der Waals surface area contributed by atoms with Crippen molar-refractivity contribution in [1.82, 2.24) is 24.8 Å². The van der Waals surface area contributed by atoms with Gasteiger partial charge in [-0.1, -0.05) is 67.8 Å². The predicted molar refractivity (Wildman–Crippen MR) is 225 cm³/mol. The number of carbonyl (C=O) groups excluding carboxylic acids is 2. The summed E-state index contributed by atoms with van der Waals surface area (Å²) in [6.07, 6.45) is 2.92. The molecule has 6 aromatic rings. The Hall–Kier alpha value is -6.22. The topological polar surface area (TPSA) is 129 Å². The lowest BCUT2D eigenvalue weighted by molar-refractivity contribution is -0.140. The largest absolute Gasteiger partial charge is 0.399 e. The Kier molecular flexibility index (Phi) is 11.6. The minimum Gasteiger partial charge on any atom is -0.399 e. The SMILES string of the molecule is CC(C)c1ccc2c(Nc3cc(C#Cc4ccc(NC(=O)[C@@H]5CCCN5C(=O)[C@@H](c5ccccc5)N(C)C)cc4)ccc3Sc3ccc(N)cc3)ncnc2n1. The van der Waals surface area contributed by atoms with Gasteiger partial charge in [-0.25, -0.2) is 15.0 Å². The van der Waals surface area contributed by atoms with Gasteiger partial charge in [-0.15, -0.1) is 0 Å². The van der Waals surface area contributed by atoms with Gasteiger partial charge in [-0.2, -0.15) is 0 Å². The maximum atomic E-state index is 13.8. The van der Waals surface area contributed by atoms with Crippen LogP contribution >= 0.6 is 11.8 Å². The molecule has 2 amide bonds. The van der Waals surface area contributed by atoms with Gasteiger partial charge in [0.2, 0.25) is 11.8 Å². The van der Waals surface area contributed by atoms with Crippen molar-refractivity contribution < 1.29 is 9.59 Å². The molecule has 0 radical (unpaired) electrons. The second-order valence-corrected chi connectivity index (χ2v) is 15.4. The van der Waals surface area contributed by atoms with E-state index < -0.39 is 12.1 Å². The number of benzene rings is 4. The zero-order chi connectivity index (χ0) is 39.2. The highest BCUT2D eigenvalue weighted by Crippen LogP contribution is 2.37. The molecular weight excluding hydrogens is 717 g/mol. The van der Waals surface area contributed by atoms with Gasteiger partial charge in [-0.3, -0.25) is 14.5 Å². The van der Waals surface area contributed by atoms with Crippen LogP contribution in [0.1, 0.15) is 61.0 Å². The number of rotatable bonds is 10. The van der Waals surface area contributed by atoms with E-state index in [0.717, 1.165) is 49.7 Å². The number of carbonyl (C=O) groups is 2. The fraction of sp³-hybridized carbons (Fsp3) is 0.222. The summed E-state index contributed by atoms with van der Waals surface area (Å²) >= 11 is 1.61. The first kappa shape index (κ1) is 38.1. The van der Waals surface area contributed by atoms with E-state index in [1.54, 1.807) is 16.7 Å². The van der Waals surface area contributed by atoms with E-state index in [-0.39, 0.29) is 17.7 Å². The van der Waals surface area contributed by atoms with Gasteiger partial charge >= 0.3 is 0 Å². The molecule has 4 N–H and O–H groups in total. The number of fused-ring (bicyclic) bond motifs is 1. The first-order chi connectivity index (χ1) is 27.1. The molecule has 1 aliphatic rings. The maximum absolute atomic E-state index is 13.8. The number of nitrogens with two attached hydrogens (primary N) is 1. The average molecular weight is 761 g/mol. The van der Waals surface area contributed by atoms with Crippen LogP contribution < -0.4 is 16.4 Å². The Bertz CT molecular complexity index is 2410. The van der Waals surface area contributed by atoms with Gasteiger partial charge in [0, 0.05) is 44.5 Å². The molecular formula is C45H44N8O2S. The summed E-state index contributed by atoms with van der Waals surface area (Å²) in [4.78, 5) is 46.7. The van der Waals surface area contributed by atoms with Crippen molar-refractivity contribution >= 4 is 57.5 Å². The maximum Gasteiger partial charge on any atom is 0.247 e. The summed E-state index contributed by atoms with van der Waals surface area (Å²) in [6.45, 7) is 4.76. The molecule has 11 heteroatoms. The van der Waals surface area contributed by atoms with E-state index in [1.165, 1.54) is 6.33 Å². The predicted octanol–water partition coefficient (Wildman–Crippen LogP) is 8.26. The van der Waals surface area contributed by atoms with Gasteiger partial charge < -0.3 is 21.3 Å². The van der Waals surface area contributed by atoms with Crippen LogP contribution in [0.25, 0.3) is 11.0 Å². The Morgan fingerprint density at radius 3 is 2.36 bits per heavy atom. The van der Waals surface area contributed by atoms with Gasteiger partial charge in [0.25, 0.3) is 0 Å². The monoisotopic (exact) mass is 760 g/mol. The van der Waals surface area contributed by atoms with Gasteiger partial charge in [-0.05, 0) is 117 Å². The first-order valence-corrected chi connectivity index (χ1v) is 19.5. The first-order valence-electron chi connectivity index (χ1n) is 18.6. The smallest absolute Gasteiger partial charge is 0.247 e. The summed E-state index contributed by atoms with van der Waals surface area (Å²) in [5.41, 5.74) is 12.3. The normalized spacial score (nSPS) is 14.4. The number of nitrogens with zero attached hydrogens (tertiary/aromatic N) is 5. The van der Waals surface area contributed by atoms with Crippen LogP contribution in [-0.2, 0) is 9.59 Å². The summed E-state index contributed by atoms with van der Waals surface area (Å²) in [7, 11) is 3.78. The molecule has 1 saturated heterocycles. The number of amides is 2. The van der Waals surface area contributed by atoms with Crippen LogP contribution in [0, 0.1) is 11.8 Å². The molecule has 0 spiro atoms. The van der Waals surface area contributed by atoms with E-state index in [9.17, 15) is 9.59 Å². The molecule has 2 aromatic heterocycles. The van der Waals surface area contributed by atoms with Crippen molar-refractivity contribution in [3.63, 3.8) is 0 Å². The van der Waals surface area contributed by atoms with Crippen LogP contribution in [0.15, 0.2) is 125 Å². The van der Waals surface area contributed by atoms with Gasteiger partial charge in [0.15, 0.2) is 5.65 Å². The highest BCUT2D eigenvalue weighted by atomic mass is 32.2. The van der Waals surface area contributed by atoms with Crippen molar-refractivity contribution in [2.75, 3.05) is 37.0 Å². The number of pyridine rings is 1. The van der Waals surface area contributed by atoms with Crippen LogP contribution in [0.5, 0.6) is 0 Å². The Morgan fingerprint density at radius 2 is 1.62 bits per heavy atom.